The Morgan fingerprint density at radius 2 is 1.96 bits per heavy atom. The summed E-state index contributed by atoms with van der Waals surface area (Å²) >= 11 is 0. The molecule has 0 aliphatic heterocycles. The summed E-state index contributed by atoms with van der Waals surface area (Å²) < 4.78 is 13.2. The Morgan fingerprint density at radius 1 is 1.27 bits per heavy atom. The van der Waals surface area contributed by atoms with Gasteiger partial charge >= 0.3 is 0 Å². The number of nitrogens with zero attached hydrogens (tertiary/aromatic N) is 2. The summed E-state index contributed by atoms with van der Waals surface area (Å²) in [7, 11) is 3.59. The normalized spacial score (nSPS) is 11.4. The summed E-state index contributed by atoms with van der Waals surface area (Å²) in [5, 5.41) is 9.03. The smallest absolute Gasteiger partial charge is 0.239 e. The van der Waals surface area contributed by atoms with Crippen LogP contribution in [0.25, 0.3) is 0 Å². The monoisotopic (exact) mass is 479 g/mol. The Bertz CT molecular complexity index is 589. The van der Waals surface area contributed by atoms with Crippen molar-refractivity contribution in [1.82, 2.24) is 16.0 Å². The highest BCUT2D eigenvalue weighted by Gasteiger charge is 2.13. The molecule has 0 fully saturated rings. The lowest BCUT2D eigenvalue weighted by Gasteiger charge is -2.21. The first-order valence-electron chi connectivity index (χ1n) is 8.43. The molecule has 1 aromatic rings. The van der Waals surface area contributed by atoms with Crippen LogP contribution in [0.15, 0.2) is 29.3 Å². The van der Waals surface area contributed by atoms with E-state index in [1.807, 2.05) is 38.8 Å². The average Bonchev–Trinajstić information content (AvgIpc) is 2.52. The van der Waals surface area contributed by atoms with Gasteiger partial charge in [0.25, 0.3) is 0 Å². The van der Waals surface area contributed by atoms with E-state index >= 15 is 0 Å². The summed E-state index contributed by atoms with van der Waals surface area (Å²) in [6, 6.07) is 6.53. The lowest BCUT2D eigenvalue weighted by molar-refractivity contribution is -0.121. The highest BCUT2D eigenvalue weighted by Crippen LogP contribution is 2.13. The Kier molecular flexibility index (Phi) is 11.2. The lowest BCUT2D eigenvalue weighted by atomic mass is 10.1. The predicted molar refractivity (Wildman–Crippen MR) is 117 cm³/mol. The number of aliphatic imine (C=N–C) groups is 1. The molecule has 0 atom stereocenters. The number of halogens is 2. The van der Waals surface area contributed by atoms with Crippen LogP contribution in [0.2, 0.25) is 0 Å². The highest BCUT2D eigenvalue weighted by molar-refractivity contribution is 14.0. The fraction of sp³-hybridized carbons (Fsp3) is 0.556. The van der Waals surface area contributed by atoms with Crippen LogP contribution < -0.4 is 20.9 Å². The quantitative estimate of drug-likeness (QED) is 0.243. The third-order valence-corrected chi connectivity index (χ3v) is 3.37. The number of hydrogen-bond acceptors (Lipinski definition) is 3. The van der Waals surface area contributed by atoms with Crippen molar-refractivity contribution in [2.45, 2.75) is 32.7 Å². The minimum atomic E-state index is -0.253. The maximum Gasteiger partial charge on any atom is 0.239 e. The summed E-state index contributed by atoms with van der Waals surface area (Å²) in [6.45, 7) is 7.45. The predicted octanol–water partition coefficient (Wildman–Crippen LogP) is 2.35. The molecule has 3 N–H and O–H groups in total. The van der Waals surface area contributed by atoms with E-state index in [1.54, 1.807) is 13.1 Å². The molecule has 6 nitrogen and oxygen atoms in total. The Balaban J connectivity index is 0.00000625. The molecule has 0 radical (unpaired) electrons. The van der Waals surface area contributed by atoms with Crippen LogP contribution in [0.4, 0.5) is 10.1 Å². The zero-order chi connectivity index (χ0) is 18.9. The van der Waals surface area contributed by atoms with Crippen LogP contribution in [0, 0.1) is 5.82 Å². The minimum Gasteiger partial charge on any atom is -0.374 e. The first-order valence-corrected chi connectivity index (χ1v) is 8.43. The number of nitrogens with one attached hydrogen (secondary N) is 3. The van der Waals surface area contributed by atoms with Crippen molar-refractivity contribution in [3.05, 3.63) is 30.1 Å². The number of guanidine groups is 1. The van der Waals surface area contributed by atoms with Gasteiger partial charge in [0.05, 0.1) is 6.54 Å². The van der Waals surface area contributed by atoms with Crippen LogP contribution >= 0.6 is 24.0 Å². The van der Waals surface area contributed by atoms with Crippen molar-refractivity contribution in [1.29, 1.82) is 0 Å². The van der Waals surface area contributed by atoms with E-state index < -0.39 is 0 Å². The summed E-state index contributed by atoms with van der Waals surface area (Å²) in [5.41, 5.74) is 0.596. The number of hydrogen-bond donors (Lipinski definition) is 3. The third kappa shape index (κ3) is 10.4. The van der Waals surface area contributed by atoms with Crippen molar-refractivity contribution in [2.75, 3.05) is 38.6 Å². The number of carbonyl (C=O) groups excluding carboxylic acids is 1. The second-order valence-corrected chi connectivity index (χ2v) is 6.91. The number of carbonyl (C=O) groups is 1. The topological polar surface area (TPSA) is 68.8 Å². The maximum atomic E-state index is 13.2. The molecule has 1 amide bonds. The van der Waals surface area contributed by atoms with Gasteiger partial charge in [-0.2, -0.15) is 0 Å². The van der Waals surface area contributed by atoms with Crippen LogP contribution in [-0.2, 0) is 4.79 Å². The van der Waals surface area contributed by atoms with Gasteiger partial charge in [0.2, 0.25) is 5.91 Å². The molecule has 0 aliphatic rings. The molecule has 0 heterocycles. The molecule has 1 rings (SSSR count). The number of benzene rings is 1. The van der Waals surface area contributed by atoms with Gasteiger partial charge in [-0.05, 0) is 45.4 Å². The van der Waals surface area contributed by atoms with Gasteiger partial charge in [0, 0.05) is 38.4 Å². The molecule has 0 bridgehead atoms. The highest BCUT2D eigenvalue weighted by atomic mass is 127. The number of anilines is 1. The zero-order valence-electron chi connectivity index (χ0n) is 16.2. The molecule has 8 heteroatoms. The minimum absolute atomic E-state index is 0. The Hall–Kier alpha value is -1.58. The first kappa shape index (κ1) is 24.4. The molecule has 26 heavy (non-hydrogen) atoms. The van der Waals surface area contributed by atoms with Gasteiger partial charge in [-0.3, -0.25) is 9.79 Å². The lowest BCUT2D eigenvalue weighted by Crippen LogP contribution is -2.48. The Morgan fingerprint density at radius 3 is 2.54 bits per heavy atom. The molecular formula is C18H31FIN5O. The van der Waals surface area contributed by atoms with Crippen molar-refractivity contribution in [2.24, 2.45) is 4.99 Å². The van der Waals surface area contributed by atoms with E-state index in [9.17, 15) is 9.18 Å². The maximum absolute atomic E-state index is 13.2. The second kappa shape index (κ2) is 11.9. The molecule has 148 valence electrons. The van der Waals surface area contributed by atoms with Crippen LogP contribution in [-0.4, -0.2) is 51.1 Å². The van der Waals surface area contributed by atoms with E-state index in [0.29, 0.717) is 12.5 Å². The van der Waals surface area contributed by atoms with E-state index in [-0.39, 0.29) is 47.8 Å². The fourth-order valence-electron chi connectivity index (χ4n) is 2.21. The van der Waals surface area contributed by atoms with E-state index in [4.69, 9.17) is 0 Å². The SMILES string of the molecule is CN=C(NCCCN(C)c1cccc(F)c1)NCC(=O)NC(C)(C)C.I. The van der Waals surface area contributed by atoms with Crippen molar-refractivity contribution >= 4 is 41.5 Å². The van der Waals surface area contributed by atoms with E-state index in [2.05, 4.69) is 20.9 Å². The molecule has 1 aromatic carbocycles. The third-order valence-electron chi connectivity index (χ3n) is 3.37. The molecule has 0 saturated heterocycles. The summed E-state index contributed by atoms with van der Waals surface area (Å²) in [6.07, 6.45) is 0.849. The van der Waals surface area contributed by atoms with Gasteiger partial charge < -0.3 is 20.9 Å². The Labute approximate surface area is 173 Å². The summed E-state index contributed by atoms with van der Waals surface area (Å²) in [4.78, 5) is 17.9. The van der Waals surface area contributed by atoms with Crippen molar-refractivity contribution in [3.63, 3.8) is 0 Å². The number of amides is 1. The molecule has 0 aromatic heterocycles. The molecule has 0 spiro atoms. The summed E-state index contributed by atoms with van der Waals surface area (Å²) in [5.74, 6) is 0.263. The van der Waals surface area contributed by atoms with Gasteiger partial charge in [-0.15, -0.1) is 24.0 Å². The molecule has 0 saturated carbocycles. The van der Waals surface area contributed by atoms with Gasteiger partial charge in [-0.1, -0.05) is 6.07 Å². The molecule has 0 aliphatic carbocycles. The second-order valence-electron chi connectivity index (χ2n) is 6.91. The van der Waals surface area contributed by atoms with E-state index in [1.165, 1.54) is 12.1 Å². The number of rotatable bonds is 7. The average molecular weight is 479 g/mol. The fourth-order valence-corrected chi connectivity index (χ4v) is 2.21. The van der Waals surface area contributed by atoms with Crippen LogP contribution in [0.5, 0.6) is 0 Å². The van der Waals surface area contributed by atoms with Gasteiger partial charge in [-0.25, -0.2) is 4.39 Å². The van der Waals surface area contributed by atoms with E-state index in [0.717, 1.165) is 18.7 Å². The van der Waals surface area contributed by atoms with Crippen molar-refractivity contribution in [3.8, 4) is 0 Å². The van der Waals surface area contributed by atoms with Gasteiger partial charge in [0.15, 0.2) is 5.96 Å². The molecule has 0 unspecified atom stereocenters. The zero-order valence-corrected chi connectivity index (χ0v) is 18.6. The standard InChI is InChI=1S/C18H30FN5O.HI/c1-18(2,3)23-16(25)13-22-17(20-4)21-10-7-11-24(5)15-9-6-8-14(19)12-15;/h6,8-9,12H,7,10-11,13H2,1-5H3,(H,23,25)(H2,20,21,22);1H. The van der Waals surface area contributed by atoms with Crippen molar-refractivity contribution < 1.29 is 9.18 Å². The largest absolute Gasteiger partial charge is 0.374 e. The first-order chi connectivity index (χ1) is 11.7. The van der Waals surface area contributed by atoms with Gasteiger partial charge in [0.1, 0.15) is 5.82 Å². The van der Waals surface area contributed by atoms with Crippen LogP contribution in [0.3, 0.4) is 0 Å². The molecular weight excluding hydrogens is 448 g/mol. The van der Waals surface area contributed by atoms with Crippen LogP contribution in [0.1, 0.15) is 27.2 Å².